The first-order valence-corrected chi connectivity index (χ1v) is 19.1. The fourth-order valence-electron chi connectivity index (χ4n) is 7.54. The van der Waals surface area contributed by atoms with Crippen LogP contribution in [0.5, 0.6) is 11.5 Å². The number of fused-ring (bicyclic) bond motifs is 3. The summed E-state index contributed by atoms with van der Waals surface area (Å²) in [4.78, 5) is 4.84. The molecule has 0 unspecified atom stereocenters. The number of unbranched alkanes of at least 4 members (excludes halogenated alkanes) is 1. The number of aryl methyl sites for hydroxylation is 4. The second kappa shape index (κ2) is 16.7. The van der Waals surface area contributed by atoms with Gasteiger partial charge in [0.25, 0.3) is 0 Å². The summed E-state index contributed by atoms with van der Waals surface area (Å²) in [5, 5.41) is 7.63. The molecule has 3 aromatic heterocycles. The number of para-hydroxylation sites is 1. The van der Waals surface area contributed by atoms with E-state index in [1.807, 2.05) is 12.3 Å². The Kier molecular flexibility index (Phi) is 12.0. The molecule has 0 aliphatic heterocycles. The van der Waals surface area contributed by atoms with Crippen molar-refractivity contribution in [1.82, 2.24) is 19.3 Å². The molecule has 0 atom stereocenters. The van der Waals surface area contributed by atoms with Crippen LogP contribution in [-0.4, -0.2) is 19.3 Å². The minimum Gasteiger partial charge on any atom is -0.509 e. The first-order chi connectivity index (χ1) is 25.3. The number of benzene rings is 4. The van der Waals surface area contributed by atoms with Crippen LogP contribution in [0, 0.1) is 26.0 Å². The van der Waals surface area contributed by atoms with Crippen LogP contribution in [0.25, 0.3) is 44.4 Å². The van der Waals surface area contributed by atoms with Crippen molar-refractivity contribution in [2.75, 3.05) is 0 Å². The minimum absolute atomic E-state index is 0. The maximum absolute atomic E-state index is 6.72. The van der Waals surface area contributed by atoms with E-state index in [1.165, 1.54) is 44.5 Å². The number of rotatable bonds is 13. The first-order valence-electron chi connectivity index (χ1n) is 19.1. The molecule has 6 heteroatoms. The Morgan fingerprint density at radius 1 is 0.736 bits per heavy atom. The summed E-state index contributed by atoms with van der Waals surface area (Å²) < 4.78 is 11.1. The fraction of sp³-hybridized carbons (Fsp3) is 0.319. The Morgan fingerprint density at radius 2 is 1.51 bits per heavy atom. The smallest absolute Gasteiger partial charge is 0.509 e. The number of nitrogens with zero attached hydrogens (tertiary/aromatic N) is 4. The molecule has 7 aromatic rings. The summed E-state index contributed by atoms with van der Waals surface area (Å²) in [6.07, 6.45) is 9.15. The number of pyridine rings is 1. The third-order valence-electron chi connectivity index (χ3n) is 10.1. The van der Waals surface area contributed by atoms with E-state index >= 15 is 0 Å². The van der Waals surface area contributed by atoms with Crippen LogP contribution >= 0.6 is 0 Å². The van der Waals surface area contributed by atoms with Gasteiger partial charge >= 0.3 is 20.4 Å². The molecule has 0 radical (unpaired) electrons. The zero-order valence-corrected chi connectivity index (χ0v) is 33.7. The van der Waals surface area contributed by atoms with E-state index in [1.54, 1.807) is 0 Å². The Labute approximate surface area is 329 Å². The van der Waals surface area contributed by atoms with Crippen molar-refractivity contribution in [3.8, 4) is 34.1 Å². The van der Waals surface area contributed by atoms with Gasteiger partial charge in [0.2, 0.25) is 0 Å². The van der Waals surface area contributed by atoms with Gasteiger partial charge in [-0.3, -0.25) is 4.68 Å². The van der Waals surface area contributed by atoms with Gasteiger partial charge in [-0.05, 0) is 97.0 Å². The van der Waals surface area contributed by atoms with Crippen molar-refractivity contribution in [2.24, 2.45) is 0 Å². The molecule has 274 valence electrons. The second-order valence-electron chi connectivity index (χ2n) is 14.4. The van der Waals surface area contributed by atoms with Crippen molar-refractivity contribution >= 4 is 21.8 Å². The maximum Gasteiger partial charge on any atom is 2.00 e. The van der Waals surface area contributed by atoms with Gasteiger partial charge in [-0.1, -0.05) is 95.8 Å². The Hall–Kier alpha value is -4.50. The van der Waals surface area contributed by atoms with Crippen LogP contribution in [0.4, 0.5) is 0 Å². The van der Waals surface area contributed by atoms with E-state index in [4.69, 9.17) is 14.8 Å². The van der Waals surface area contributed by atoms with Crippen LogP contribution in [-0.2, 0) is 39.7 Å². The summed E-state index contributed by atoms with van der Waals surface area (Å²) in [6.45, 7) is 15.6. The van der Waals surface area contributed by atoms with Gasteiger partial charge in [0, 0.05) is 34.5 Å². The van der Waals surface area contributed by atoms with E-state index in [9.17, 15) is 0 Å². The maximum atomic E-state index is 6.72. The van der Waals surface area contributed by atoms with E-state index in [0.29, 0.717) is 11.5 Å². The number of hydrogen-bond acceptors (Lipinski definition) is 3. The molecule has 0 bridgehead atoms. The molecule has 0 amide bonds. The van der Waals surface area contributed by atoms with Crippen LogP contribution in [0.15, 0.2) is 85.1 Å². The van der Waals surface area contributed by atoms with Crippen LogP contribution in [0.2, 0.25) is 0 Å². The van der Waals surface area contributed by atoms with E-state index < -0.39 is 0 Å². The van der Waals surface area contributed by atoms with Gasteiger partial charge in [0.1, 0.15) is 5.82 Å². The third kappa shape index (κ3) is 7.63. The summed E-state index contributed by atoms with van der Waals surface area (Å²) in [5.41, 5.74) is 13.0. The molecule has 5 nitrogen and oxygen atoms in total. The predicted octanol–water partition coefficient (Wildman–Crippen LogP) is 12.4. The van der Waals surface area contributed by atoms with Crippen LogP contribution < -0.4 is 4.74 Å². The summed E-state index contributed by atoms with van der Waals surface area (Å²) >= 11 is 0. The molecular formula is C47H50N4OPd. The molecule has 0 saturated heterocycles. The average Bonchev–Trinajstić information content (AvgIpc) is 3.66. The van der Waals surface area contributed by atoms with Crippen molar-refractivity contribution in [1.29, 1.82) is 0 Å². The molecule has 3 heterocycles. The molecule has 0 spiro atoms. The van der Waals surface area contributed by atoms with Gasteiger partial charge in [-0.15, -0.1) is 41.3 Å². The predicted molar refractivity (Wildman–Crippen MR) is 215 cm³/mol. The molecule has 53 heavy (non-hydrogen) atoms. The number of hydrogen-bond donors (Lipinski definition) is 0. The van der Waals surface area contributed by atoms with Gasteiger partial charge in [0.15, 0.2) is 0 Å². The Bertz CT molecular complexity index is 2340. The Balaban J connectivity index is 0.00000481. The normalized spacial score (nSPS) is 11.5. The largest absolute Gasteiger partial charge is 2.00 e. The van der Waals surface area contributed by atoms with Crippen molar-refractivity contribution in [2.45, 2.75) is 99.3 Å². The number of ether oxygens (including phenoxy) is 1. The molecular weight excluding hydrogens is 743 g/mol. The topological polar surface area (TPSA) is 44.9 Å². The number of aromatic nitrogens is 4. The summed E-state index contributed by atoms with van der Waals surface area (Å²) in [6, 6.07) is 35.3. The van der Waals surface area contributed by atoms with Gasteiger partial charge in [-0.25, -0.2) is 4.98 Å². The summed E-state index contributed by atoms with van der Waals surface area (Å²) in [7, 11) is 0. The Morgan fingerprint density at radius 3 is 2.25 bits per heavy atom. The van der Waals surface area contributed by atoms with Crippen LogP contribution in [0.1, 0.15) is 99.9 Å². The summed E-state index contributed by atoms with van der Waals surface area (Å²) in [5.74, 6) is 2.48. The third-order valence-corrected chi connectivity index (χ3v) is 10.1. The standard InChI is InChI=1S/C47H50N4O.Pd/c1-8-11-19-34-24-25-48-45(26-34)50-42-21-13-12-20-39(42)40-23-22-37(30-44(40)50)52-38-28-35(31(4)5)27-36(29-38)51-43(16-10-3)47(41(49-51)15-9-2)46-32(6)17-14-18-33(46)7;/h12-14,17-18,20-28,31H,8-11,15-16,19H2,1-7H3;/q-2;+2. The van der Waals surface area contributed by atoms with Gasteiger partial charge < -0.3 is 9.30 Å². The molecule has 0 fully saturated rings. The monoisotopic (exact) mass is 792 g/mol. The molecule has 0 saturated carbocycles. The zero-order valence-electron chi connectivity index (χ0n) is 32.1. The van der Waals surface area contributed by atoms with Gasteiger partial charge in [0.05, 0.1) is 5.69 Å². The SMILES string of the molecule is CCCCc1ccnc(-n2c3[c-]c(Oc4[c-]c(-n5nc(CCC)c(-c6c(C)cccc6C)c5CCC)cc(C(C)C)c4)ccc3c3ccccc32)c1.[Pd+2]. The average molecular weight is 793 g/mol. The van der Waals surface area contributed by atoms with Crippen molar-refractivity contribution < 1.29 is 25.2 Å². The fourth-order valence-corrected chi connectivity index (χ4v) is 7.54. The minimum atomic E-state index is 0. The molecule has 7 rings (SSSR count). The molecule has 0 aliphatic rings. The molecule has 0 aliphatic carbocycles. The molecule has 4 aromatic carbocycles. The van der Waals surface area contributed by atoms with E-state index in [0.717, 1.165) is 78.6 Å². The van der Waals surface area contributed by atoms with Gasteiger partial charge in [-0.2, -0.15) is 11.2 Å². The van der Waals surface area contributed by atoms with Crippen molar-refractivity contribution in [3.63, 3.8) is 0 Å². The van der Waals surface area contributed by atoms with E-state index in [2.05, 4.69) is 143 Å². The first kappa shape index (κ1) is 38.2. The van der Waals surface area contributed by atoms with E-state index in [-0.39, 0.29) is 26.3 Å². The van der Waals surface area contributed by atoms with Crippen molar-refractivity contribution in [3.05, 3.63) is 131 Å². The second-order valence-corrected chi connectivity index (χ2v) is 14.4. The molecule has 0 N–H and O–H groups in total. The quantitative estimate of drug-likeness (QED) is 0.0863. The van der Waals surface area contributed by atoms with Crippen LogP contribution in [0.3, 0.4) is 0 Å². The zero-order chi connectivity index (χ0) is 36.4.